The number of thiophene rings is 1. The van der Waals surface area contributed by atoms with Crippen LogP contribution in [-0.2, 0) is 17.9 Å². The zero-order chi connectivity index (χ0) is 18.4. The van der Waals surface area contributed by atoms with E-state index in [1.807, 2.05) is 29.6 Å². The van der Waals surface area contributed by atoms with Gasteiger partial charge in [0.05, 0.1) is 19.6 Å². The Kier molecular flexibility index (Phi) is 8.17. The average molecular weight is 502 g/mol. The van der Waals surface area contributed by atoms with Crippen LogP contribution in [-0.4, -0.2) is 44.2 Å². The molecule has 0 spiro atoms. The number of benzene rings is 1. The van der Waals surface area contributed by atoms with Crippen molar-refractivity contribution in [2.45, 2.75) is 13.1 Å². The number of amides is 1. The fourth-order valence-corrected chi connectivity index (χ4v) is 2.93. The third-order valence-electron chi connectivity index (χ3n) is 3.77. The highest BCUT2D eigenvalue weighted by Crippen LogP contribution is 2.32. The van der Waals surface area contributed by atoms with E-state index < -0.39 is 0 Å². The molecular weight excluding hydrogens is 479 g/mol. The minimum Gasteiger partial charge on any atom is -0.454 e. The van der Waals surface area contributed by atoms with Crippen LogP contribution < -0.4 is 20.1 Å². The fraction of sp³-hybridized carbons (Fsp3) is 0.333. The summed E-state index contributed by atoms with van der Waals surface area (Å²) >= 11 is 1.67. The molecule has 2 N–H and O–H groups in total. The zero-order valence-electron chi connectivity index (χ0n) is 15.2. The van der Waals surface area contributed by atoms with Crippen molar-refractivity contribution in [2.24, 2.45) is 4.99 Å². The van der Waals surface area contributed by atoms with Crippen molar-refractivity contribution in [3.05, 3.63) is 46.2 Å². The van der Waals surface area contributed by atoms with E-state index in [9.17, 15) is 4.79 Å². The molecule has 0 aliphatic carbocycles. The molecule has 0 unspecified atom stereocenters. The second kappa shape index (κ2) is 10.4. The number of carbonyl (C=O) groups is 1. The maximum absolute atomic E-state index is 11.8. The molecule has 2 aromatic rings. The molecule has 9 heteroatoms. The minimum atomic E-state index is -0.0151. The molecule has 0 bridgehead atoms. The number of aliphatic imine (C=N–C) groups is 1. The number of likely N-dealkylation sites (N-methyl/N-ethyl adjacent to an activating group) is 1. The molecule has 7 nitrogen and oxygen atoms in total. The Morgan fingerprint density at radius 1 is 1.22 bits per heavy atom. The van der Waals surface area contributed by atoms with Gasteiger partial charge in [-0.1, -0.05) is 12.1 Å². The number of nitrogens with one attached hydrogen (secondary N) is 2. The lowest BCUT2D eigenvalue weighted by Gasteiger charge is -2.14. The first-order valence-corrected chi connectivity index (χ1v) is 9.13. The number of rotatable bonds is 6. The second-order valence-corrected chi connectivity index (χ2v) is 6.96. The van der Waals surface area contributed by atoms with E-state index in [-0.39, 0.29) is 43.2 Å². The van der Waals surface area contributed by atoms with Crippen LogP contribution >= 0.6 is 35.3 Å². The van der Waals surface area contributed by atoms with Gasteiger partial charge < -0.3 is 25.0 Å². The lowest BCUT2D eigenvalue weighted by Crippen LogP contribution is -2.42. The van der Waals surface area contributed by atoms with Crippen LogP contribution in [0.25, 0.3) is 0 Å². The summed E-state index contributed by atoms with van der Waals surface area (Å²) in [5, 5.41) is 8.38. The molecule has 1 aliphatic heterocycles. The van der Waals surface area contributed by atoms with Crippen molar-refractivity contribution in [1.82, 2.24) is 15.5 Å². The zero-order valence-corrected chi connectivity index (χ0v) is 18.4. The van der Waals surface area contributed by atoms with Gasteiger partial charge in [0.2, 0.25) is 12.7 Å². The largest absolute Gasteiger partial charge is 0.454 e. The molecule has 1 aromatic carbocycles. The average Bonchev–Trinajstić information content (AvgIpc) is 3.31. The highest BCUT2D eigenvalue weighted by molar-refractivity contribution is 14.0. The summed E-state index contributed by atoms with van der Waals surface area (Å²) in [5.41, 5.74) is 1.01. The first-order valence-electron chi connectivity index (χ1n) is 8.25. The summed E-state index contributed by atoms with van der Waals surface area (Å²) in [4.78, 5) is 19.2. The molecule has 1 amide bonds. The quantitative estimate of drug-likeness (QED) is 0.361. The maximum Gasteiger partial charge on any atom is 0.241 e. The number of carbonyl (C=O) groups excluding carboxylic acids is 1. The Labute approximate surface area is 179 Å². The molecule has 146 valence electrons. The molecule has 0 saturated heterocycles. The molecule has 0 saturated carbocycles. The van der Waals surface area contributed by atoms with Crippen LogP contribution in [0.3, 0.4) is 0 Å². The molecular formula is C18H23IN4O3S. The number of ether oxygens (including phenoxy) is 2. The van der Waals surface area contributed by atoms with Crippen molar-refractivity contribution in [2.75, 3.05) is 27.4 Å². The van der Waals surface area contributed by atoms with Crippen LogP contribution in [0.2, 0.25) is 0 Å². The maximum atomic E-state index is 11.8. The summed E-state index contributed by atoms with van der Waals surface area (Å²) in [6.07, 6.45) is 0. The summed E-state index contributed by atoms with van der Waals surface area (Å²) in [7, 11) is 3.46. The summed E-state index contributed by atoms with van der Waals surface area (Å²) in [6, 6.07) is 9.83. The lowest BCUT2D eigenvalue weighted by atomic mass is 10.2. The predicted octanol–water partition coefficient (Wildman–Crippen LogP) is 2.42. The monoisotopic (exact) mass is 502 g/mol. The fourth-order valence-electron chi connectivity index (χ4n) is 2.29. The standard InChI is InChI=1S/C18H22N4O3S.HI/c1-22(2)17(23)11-21-18(20-10-14-4-3-7-26-14)19-9-13-5-6-15-16(8-13)25-12-24-15;/h3-8H,9-12H2,1-2H3,(H2,19,20,21);1H. The molecule has 0 fully saturated rings. The van der Waals surface area contributed by atoms with Crippen molar-refractivity contribution in [3.8, 4) is 11.5 Å². The van der Waals surface area contributed by atoms with Gasteiger partial charge in [0.25, 0.3) is 0 Å². The lowest BCUT2D eigenvalue weighted by molar-refractivity contribution is -0.127. The van der Waals surface area contributed by atoms with E-state index in [1.54, 1.807) is 30.3 Å². The summed E-state index contributed by atoms with van der Waals surface area (Å²) in [6.45, 7) is 1.56. The topological polar surface area (TPSA) is 75.2 Å². The van der Waals surface area contributed by atoms with Gasteiger partial charge in [-0.2, -0.15) is 0 Å². The van der Waals surface area contributed by atoms with Gasteiger partial charge >= 0.3 is 0 Å². The third kappa shape index (κ3) is 6.28. The number of nitrogens with zero attached hydrogens (tertiary/aromatic N) is 2. The van der Waals surface area contributed by atoms with Gasteiger partial charge in [0.15, 0.2) is 17.5 Å². The summed E-state index contributed by atoms with van der Waals surface area (Å²) < 4.78 is 10.7. The number of halogens is 1. The van der Waals surface area contributed by atoms with Gasteiger partial charge in [0, 0.05) is 19.0 Å². The second-order valence-electron chi connectivity index (χ2n) is 5.93. The number of hydrogen-bond acceptors (Lipinski definition) is 5. The van der Waals surface area contributed by atoms with Gasteiger partial charge in [-0.25, -0.2) is 4.99 Å². The number of guanidine groups is 1. The number of hydrogen-bond donors (Lipinski definition) is 2. The Morgan fingerprint density at radius 3 is 2.78 bits per heavy atom. The summed E-state index contributed by atoms with van der Waals surface area (Å²) in [5.74, 6) is 2.06. The Balaban J connectivity index is 0.00000261. The van der Waals surface area contributed by atoms with Crippen molar-refractivity contribution < 1.29 is 14.3 Å². The van der Waals surface area contributed by atoms with Crippen LogP contribution in [0.4, 0.5) is 0 Å². The Morgan fingerprint density at radius 2 is 2.04 bits per heavy atom. The van der Waals surface area contributed by atoms with Crippen LogP contribution in [0, 0.1) is 0 Å². The smallest absolute Gasteiger partial charge is 0.241 e. The van der Waals surface area contributed by atoms with Crippen molar-refractivity contribution in [1.29, 1.82) is 0 Å². The molecule has 1 aromatic heterocycles. The normalized spacial score (nSPS) is 12.3. The van der Waals surface area contributed by atoms with Gasteiger partial charge in [-0.15, -0.1) is 35.3 Å². The van der Waals surface area contributed by atoms with E-state index in [4.69, 9.17) is 9.47 Å². The predicted molar refractivity (Wildman–Crippen MR) is 117 cm³/mol. The molecule has 1 aliphatic rings. The first-order chi connectivity index (χ1) is 12.6. The van der Waals surface area contributed by atoms with E-state index in [0.29, 0.717) is 19.0 Å². The van der Waals surface area contributed by atoms with Gasteiger partial charge in [0.1, 0.15) is 0 Å². The Hall–Kier alpha value is -2.01. The van der Waals surface area contributed by atoms with E-state index in [2.05, 4.69) is 21.7 Å². The van der Waals surface area contributed by atoms with E-state index in [0.717, 1.165) is 17.1 Å². The highest BCUT2D eigenvalue weighted by Gasteiger charge is 2.13. The molecule has 0 atom stereocenters. The molecule has 2 heterocycles. The van der Waals surface area contributed by atoms with Gasteiger partial charge in [-0.05, 0) is 29.1 Å². The van der Waals surface area contributed by atoms with Crippen LogP contribution in [0.1, 0.15) is 10.4 Å². The van der Waals surface area contributed by atoms with Gasteiger partial charge in [-0.3, -0.25) is 4.79 Å². The molecule has 0 radical (unpaired) electrons. The molecule has 27 heavy (non-hydrogen) atoms. The van der Waals surface area contributed by atoms with Crippen LogP contribution in [0.15, 0.2) is 40.7 Å². The molecule has 3 rings (SSSR count). The van der Waals surface area contributed by atoms with Crippen molar-refractivity contribution in [3.63, 3.8) is 0 Å². The van der Waals surface area contributed by atoms with Crippen LogP contribution in [0.5, 0.6) is 11.5 Å². The third-order valence-corrected chi connectivity index (χ3v) is 4.65. The SMILES string of the molecule is CN(C)C(=O)CNC(=NCc1ccc2c(c1)OCO2)NCc1cccs1.I. The Bertz CT molecular complexity index is 781. The first kappa shape index (κ1) is 21.3. The van der Waals surface area contributed by atoms with E-state index in [1.165, 1.54) is 4.88 Å². The number of fused-ring (bicyclic) bond motifs is 1. The van der Waals surface area contributed by atoms with E-state index >= 15 is 0 Å². The minimum absolute atomic E-state index is 0. The van der Waals surface area contributed by atoms with Crippen molar-refractivity contribution >= 4 is 47.2 Å². The highest BCUT2D eigenvalue weighted by atomic mass is 127.